The van der Waals surface area contributed by atoms with Crippen LogP contribution in [0.15, 0.2) is 18.2 Å². The highest BCUT2D eigenvalue weighted by Gasteiger charge is 2.40. The molecule has 1 fully saturated rings. The largest absolute Gasteiger partial charge is 0.493 e. The minimum Gasteiger partial charge on any atom is -0.493 e. The first kappa shape index (κ1) is 14.4. The predicted octanol–water partition coefficient (Wildman–Crippen LogP) is 2.19. The van der Waals surface area contributed by atoms with Gasteiger partial charge in [-0.25, -0.2) is 0 Å². The van der Waals surface area contributed by atoms with E-state index in [-0.39, 0.29) is 11.8 Å². The van der Waals surface area contributed by atoms with E-state index in [1.54, 1.807) is 14.2 Å². The Morgan fingerprint density at radius 3 is 2.63 bits per heavy atom. The van der Waals surface area contributed by atoms with Gasteiger partial charge >= 0.3 is 0 Å². The van der Waals surface area contributed by atoms with Gasteiger partial charge in [0.2, 0.25) is 5.91 Å². The predicted molar refractivity (Wildman–Crippen MR) is 82.2 cm³/mol. The lowest BCUT2D eigenvalue weighted by Gasteiger charge is -2.10. The van der Waals surface area contributed by atoms with Crippen LogP contribution in [0.4, 0.5) is 0 Å². The molecule has 1 aromatic rings. The molecule has 0 bridgehead atoms. The maximum absolute atomic E-state index is 11.7. The zero-order valence-electron chi connectivity index (χ0n) is 11.1. The molecule has 1 aromatic carbocycles. The molecule has 0 aromatic heterocycles. The first-order chi connectivity index (χ1) is 9.15. The Bertz CT molecular complexity index is 464. The smallest absolute Gasteiger partial charge is 0.224 e. The van der Waals surface area contributed by atoms with E-state index in [2.05, 4.69) is 27.9 Å². The molecule has 0 aliphatic heterocycles. The van der Waals surface area contributed by atoms with Gasteiger partial charge in [0.05, 0.1) is 20.1 Å². The van der Waals surface area contributed by atoms with Crippen LogP contribution in [0, 0.1) is 5.92 Å². The summed E-state index contributed by atoms with van der Waals surface area (Å²) in [5.74, 6) is 1.85. The molecule has 19 heavy (non-hydrogen) atoms. The summed E-state index contributed by atoms with van der Waals surface area (Å²) in [4.78, 5) is 11.7. The average molecular weight is 375 g/mol. The zero-order chi connectivity index (χ0) is 13.8. The summed E-state index contributed by atoms with van der Waals surface area (Å²) in [5.41, 5.74) is 1.12. The number of hydrogen-bond donors (Lipinski definition) is 1. The van der Waals surface area contributed by atoms with E-state index in [4.69, 9.17) is 9.47 Å². The molecule has 1 aliphatic rings. The van der Waals surface area contributed by atoms with Crippen molar-refractivity contribution in [3.05, 3.63) is 23.8 Å². The van der Waals surface area contributed by atoms with Gasteiger partial charge in [0.15, 0.2) is 11.5 Å². The second-order valence-electron chi connectivity index (χ2n) is 4.59. The van der Waals surface area contributed by atoms with E-state index < -0.39 is 0 Å². The topological polar surface area (TPSA) is 47.6 Å². The zero-order valence-corrected chi connectivity index (χ0v) is 13.3. The lowest BCUT2D eigenvalue weighted by Crippen LogP contribution is -2.27. The van der Waals surface area contributed by atoms with Gasteiger partial charge in [-0.15, -0.1) is 0 Å². The lowest BCUT2D eigenvalue weighted by molar-refractivity contribution is -0.122. The van der Waals surface area contributed by atoms with E-state index in [1.165, 1.54) is 0 Å². The molecule has 0 spiro atoms. The van der Waals surface area contributed by atoms with Crippen molar-refractivity contribution < 1.29 is 14.3 Å². The molecule has 0 radical (unpaired) electrons. The molecule has 1 N–H and O–H groups in total. The van der Waals surface area contributed by atoms with Crippen molar-refractivity contribution in [2.24, 2.45) is 5.92 Å². The van der Waals surface area contributed by atoms with Gasteiger partial charge in [-0.2, -0.15) is 0 Å². The summed E-state index contributed by atoms with van der Waals surface area (Å²) in [6, 6.07) is 5.83. The molecule has 1 aliphatic carbocycles. The Hall–Kier alpha value is -0.980. The van der Waals surface area contributed by atoms with Gasteiger partial charge in [-0.05, 0) is 30.5 Å². The van der Waals surface area contributed by atoms with Crippen molar-refractivity contribution in [2.75, 3.05) is 20.8 Å². The molecule has 1 saturated carbocycles. The first-order valence-electron chi connectivity index (χ1n) is 6.28. The van der Waals surface area contributed by atoms with Crippen LogP contribution in [-0.2, 0) is 11.2 Å². The maximum Gasteiger partial charge on any atom is 0.224 e. The number of carbonyl (C=O) groups excluding carboxylic acids is 1. The fourth-order valence-corrected chi connectivity index (χ4v) is 2.81. The standard InChI is InChI=1S/C14H18INO3/c1-18-12-4-3-9(7-13(12)19-2)5-6-16-14(17)10-8-11(10)15/h3-4,7,10-11H,5-6,8H2,1-2H3,(H,16,17)/t10-,11+/m1/s1. The number of rotatable bonds is 6. The van der Waals surface area contributed by atoms with Crippen molar-refractivity contribution in [3.63, 3.8) is 0 Å². The van der Waals surface area contributed by atoms with Gasteiger partial charge in [-0.1, -0.05) is 28.7 Å². The number of carbonyl (C=O) groups is 1. The van der Waals surface area contributed by atoms with Crippen LogP contribution >= 0.6 is 22.6 Å². The van der Waals surface area contributed by atoms with Crippen LogP contribution in [-0.4, -0.2) is 30.6 Å². The number of benzene rings is 1. The summed E-state index contributed by atoms with van der Waals surface area (Å²) in [6.07, 6.45) is 1.81. The van der Waals surface area contributed by atoms with Crippen LogP contribution in [0.5, 0.6) is 11.5 Å². The Morgan fingerprint density at radius 2 is 2.05 bits per heavy atom. The van der Waals surface area contributed by atoms with Gasteiger partial charge in [0, 0.05) is 10.5 Å². The van der Waals surface area contributed by atoms with Gasteiger partial charge in [0.25, 0.3) is 0 Å². The Kier molecular flexibility index (Phi) is 4.90. The second-order valence-corrected chi connectivity index (χ2v) is 6.19. The SMILES string of the molecule is COc1ccc(CCNC(=O)[C@@H]2C[C@@H]2I)cc1OC. The Morgan fingerprint density at radius 1 is 1.37 bits per heavy atom. The Labute approximate surface area is 127 Å². The average Bonchev–Trinajstić information content (AvgIpc) is 3.15. The summed E-state index contributed by atoms with van der Waals surface area (Å²) >= 11 is 2.32. The van der Waals surface area contributed by atoms with Gasteiger partial charge < -0.3 is 14.8 Å². The summed E-state index contributed by atoms with van der Waals surface area (Å²) in [5, 5.41) is 2.97. The van der Waals surface area contributed by atoms with E-state index in [1.807, 2.05) is 18.2 Å². The van der Waals surface area contributed by atoms with E-state index in [0.717, 1.165) is 29.9 Å². The third-order valence-electron chi connectivity index (χ3n) is 3.21. The number of halogens is 1. The number of methoxy groups -OCH3 is 2. The van der Waals surface area contributed by atoms with Crippen LogP contribution in [0.1, 0.15) is 12.0 Å². The molecule has 104 valence electrons. The lowest BCUT2D eigenvalue weighted by atomic mass is 10.1. The van der Waals surface area contributed by atoms with Gasteiger partial charge in [-0.3, -0.25) is 4.79 Å². The number of alkyl halides is 1. The normalized spacial score (nSPS) is 20.8. The number of hydrogen-bond acceptors (Lipinski definition) is 3. The van der Waals surface area contributed by atoms with Crippen molar-refractivity contribution >= 4 is 28.5 Å². The van der Waals surface area contributed by atoms with Crippen molar-refractivity contribution in [2.45, 2.75) is 16.8 Å². The fourth-order valence-electron chi connectivity index (χ4n) is 1.93. The van der Waals surface area contributed by atoms with Crippen LogP contribution in [0.2, 0.25) is 0 Å². The molecule has 2 rings (SSSR count). The van der Waals surface area contributed by atoms with Crippen molar-refractivity contribution in [1.82, 2.24) is 5.32 Å². The summed E-state index contributed by atoms with van der Waals surface area (Å²) < 4.78 is 11.0. The second kappa shape index (κ2) is 6.45. The highest BCUT2D eigenvalue weighted by atomic mass is 127. The third kappa shape index (κ3) is 3.75. The quantitative estimate of drug-likeness (QED) is 0.613. The molecular weight excluding hydrogens is 357 g/mol. The van der Waals surface area contributed by atoms with Gasteiger partial charge in [0.1, 0.15) is 0 Å². The minimum absolute atomic E-state index is 0.180. The van der Waals surface area contributed by atoms with Crippen LogP contribution < -0.4 is 14.8 Å². The van der Waals surface area contributed by atoms with E-state index in [0.29, 0.717) is 10.5 Å². The molecule has 0 heterocycles. The van der Waals surface area contributed by atoms with Crippen LogP contribution in [0.25, 0.3) is 0 Å². The summed E-state index contributed by atoms with van der Waals surface area (Å²) in [6.45, 7) is 0.661. The highest BCUT2D eigenvalue weighted by molar-refractivity contribution is 14.1. The molecule has 0 unspecified atom stereocenters. The van der Waals surface area contributed by atoms with E-state index in [9.17, 15) is 4.79 Å². The van der Waals surface area contributed by atoms with E-state index >= 15 is 0 Å². The minimum atomic E-state index is 0.180. The maximum atomic E-state index is 11.7. The monoisotopic (exact) mass is 375 g/mol. The van der Waals surface area contributed by atoms with Crippen molar-refractivity contribution in [1.29, 1.82) is 0 Å². The molecular formula is C14H18INO3. The Balaban J connectivity index is 1.84. The fraction of sp³-hybridized carbons (Fsp3) is 0.500. The molecule has 0 saturated heterocycles. The summed E-state index contributed by atoms with van der Waals surface area (Å²) in [7, 11) is 3.24. The number of amides is 1. The number of nitrogens with one attached hydrogen (secondary N) is 1. The molecule has 1 amide bonds. The van der Waals surface area contributed by atoms with Crippen molar-refractivity contribution in [3.8, 4) is 11.5 Å². The molecule has 2 atom stereocenters. The highest BCUT2D eigenvalue weighted by Crippen LogP contribution is 2.38. The third-order valence-corrected chi connectivity index (χ3v) is 4.59. The first-order valence-corrected chi connectivity index (χ1v) is 7.53. The molecule has 5 heteroatoms. The van der Waals surface area contributed by atoms with Crippen LogP contribution in [0.3, 0.4) is 0 Å². The molecule has 4 nitrogen and oxygen atoms in total. The number of ether oxygens (including phenoxy) is 2.